The quantitative estimate of drug-likeness (QED) is 0.858. The average Bonchev–Trinajstić information content (AvgIpc) is 3.37. The summed E-state index contributed by atoms with van der Waals surface area (Å²) in [4.78, 5) is 30.9. The summed E-state index contributed by atoms with van der Waals surface area (Å²) in [6.07, 6.45) is 2.97. The number of pyridine rings is 1. The molecule has 0 bridgehead atoms. The summed E-state index contributed by atoms with van der Waals surface area (Å²) in [6, 6.07) is 9.39. The SMILES string of the molecule is O=C(N[C@@H]1CC[C@H](C(=O)N2CC[C@H](F)C2)C1)c1ccc(-c2cccc(F)c2)nc1. The van der Waals surface area contributed by atoms with Crippen molar-refractivity contribution < 1.29 is 18.4 Å². The summed E-state index contributed by atoms with van der Waals surface area (Å²) < 4.78 is 26.7. The first-order valence-corrected chi connectivity index (χ1v) is 9.95. The Kier molecular flexibility index (Phi) is 5.56. The van der Waals surface area contributed by atoms with E-state index in [0.29, 0.717) is 42.6 Å². The normalized spacial score (nSPS) is 23.9. The van der Waals surface area contributed by atoms with Crippen LogP contribution < -0.4 is 5.32 Å². The molecule has 2 heterocycles. The van der Waals surface area contributed by atoms with Gasteiger partial charge in [0.05, 0.1) is 17.8 Å². The Hall–Kier alpha value is -2.83. The highest BCUT2D eigenvalue weighted by Gasteiger charge is 2.36. The van der Waals surface area contributed by atoms with Gasteiger partial charge in [0, 0.05) is 30.3 Å². The molecule has 2 aromatic rings. The summed E-state index contributed by atoms with van der Waals surface area (Å²) in [6.45, 7) is 0.673. The van der Waals surface area contributed by atoms with Crippen molar-refractivity contribution in [2.45, 2.75) is 37.9 Å². The number of carbonyl (C=O) groups is 2. The molecule has 1 N–H and O–H groups in total. The summed E-state index contributed by atoms with van der Waals surface area (Å²) in [5.74, 6) is -0.735. The third-order valence-corrected chi connectivity index (χ3v) is 5.71. The zero-order valence-corrected chi connectivity index (χ0v) is 16.0. The first-order chi connectivity index (χ1) is 14.0. The van der Waals surface area contributed by atoms with Crippen molar-refractivity contribution in [2.75, 3.05) is 13.1 Å². The molecular formula is C22H23F2N3O2. The minimum atomic E-state index is -0.918. The summed E-state index contributed by atoms with van der Waals surface area (Å²) in [5.41, 5.74) is 1.65. The Balaban J connectivity index is 1.33. The molecule has 1 saturated carbocycles. The fourth-order valence-corrected chi connectivity index (χ4v) is 4.13. The number of benzene rings is 1. The maximum atomic E-state index is 13.4. The van der Waals surface area contributed by atoms with Crippen molar-refractivity contribution in [3.05, 3.63) is 54.0 Å². The van der Waals surface area contributed by atoms with Crippen LogP contribution >= 0.6 is 0 Å². The number of rotatable bonds is 4. The van der Waals surface area contributed by atoms with Gasteiger partial charge in [0.25, 0.3) is 5.91 Å². The minimum absolute atomic E-state index is 0.00279. The molecule has 0 unspecified atom stereocenters. The molecule has 5 nitrogen and oxygen atoms in total. The molecule has 29 heavy (non-hydrogen) atoms. The van der Waals surface area contributed by atoms with E-state index in [0.717, 1.165) is 6.42 Å². The van der Waals surface area contributed by atoms with Crippen LogP contribution in [0.1, 0.15) is 36.0 Å². The zero-order valence-electron chi connectivity index (χ0n) is 16.0. The monoisotopic (exact) mass is 399 g/mol. The fraction of sp³-hybridized carbons (Fsp3) is 0.409. The summed E-state index contributed by atoms with van der Waals surface area (Å²) in [5, 5.41) is 2.96. The topological polar surface area (TPSA) is 62.3 Å². The van der Waals surface area contributed by atoms with E-state index in [-0.39, 0.29) is 36.1 Å². The van der Waals surface area contributed by atoms with E-state index in [1.54, 1.807) is 29.2 Å². The number of amides is 2. The molecule has 2 amide bonds. The van der Waals surface area contributed by atoms with Crippen LogP contribution in [0.15, 0.2) is 42.6 Å². The lowest BCUT2D eigenvalue weighted by atomic mass is 10.1. The van der Waals surface area contributed by atoms with Crippen molar-refractivity contribution in [1.29, 1.82) is 0 Å². The van der Waals surface area contributed by atoms with Crippen molar-refractivity contribution >= 4 is 11.8 Å². The Morgan fingerprint density at radius 3 is 2.69 bits per heavy atom. The van der Waals surface area contributed by atoms with Gasteiger partial charge in [-0.3, -0.25) is 14.6 Å². The van der Waals surface area contributed by atoms with Crippen LogP contribution in [0.3, 0.4) is 0 Å². The van der Waals surface area contributed by atoms with Gasteiger partial charge in [0.1, 0.15) is 12.0 Å². The van der Waals surface area contributed by atoms with Crippen molar-refractivity contribution in [3.8, 4) is 11.3 Å². The molecule has 4 rings (SSSR count). The van der Waals surface area contributed by atoms with E-state index in [1.165, 1.54) is 18.3 Å². The van der Waals surface area contributed by atoms with Crippen LogP contribution in [0.5, 0.6) is 0 Å². The second-order valence-electron chi connectivity index (χ2n) is 7.79. The van der Waals surface area contributed by atoms with Crippen LogP contribution in [0, 0.1) is 11.7 Å². The first-order valence-electron chi connectivity index (χ1n) is 9.95. The number of nitrogens with one attached hydrogen (secondary N) is 1. The predicted octanol–water partition coefficient (Wildman–Crippen LogP) is 3.36. The molecule has 1 aromatic carbocycles. The predicted molar refractivity (Wildman–Crippen MR) is 104 cm³/mol. The van der Waals surface area contributed by atoms with Crippen LogP contribution in [-0.4, -0.2) is 47.0 Å². The molecule has 1 saturated heterocycles. The summed E-state index contributed by atoms with van der Waals surface area (Å²) >= 11 is 0. The molecule has 2 fully saturated rings. The molecule has 1 aliphatic heterocycles. The highest BCUT2D eigenvalue weighted by Crippen LogP contribution is 2.29. The largest absolute Gasteiger partial charge is 0.349 e. The molecule has 0 spiro atoms. The van der Waals surface area contributed by atoms with Gasteiger partial charge in [0.15, 0.2) is 0 Å². The highest BCUT2D eigenvalue weighted by atomic mass is 19.1. The van der Waals surface area contributed by atoms with E-state index in [1.807, 2.05) is 0 Å². The molecule has 1 aliphatic carbocycles. The lowest BCUT2D eigenvalue weighted by Gasteiger charge is -2.20. The zero-order chi connectivity index (χ0) is 20.4. The molecular weight excluding hydrogens is 376 g/mol. The number of carbonyl (C=O) groups excluding carboxylic acids is 2. The minimum Gasteiger partial charge on any atom is -0.349 e. The standard InChI is InChI=1S/C22H23F2N3O2/c23-17-3-1-2-14(10-17)20-7-5-16(12-25-20)21(28)26-19-6-4-15(11-19)22(29)27-9-8-18(24)13-27/h1-3,5,7,10,12,15,18-19H,4,6,8-9,11,13H2,(H,26,28)/t15-,18-,19+/m0/s1. The Morgan fingerprint density at radius 1 is 1.14 bits per heavy atom. The number of alkyl halides is 1. The molecule has 1 aromatic heterocycles. The van der Waals surface area contributed by atoms with Gasteiger partial charge in [-0.2, -0.15) is 0 Å². The van der Waals surface area contributed by atoms with Gasteiger partial charge in [-0.25, -0.2) is 8.78 Å². The molecule has 2 aliphatic rings. The van der Waals surface area contributed by atoms with E-state index in [9.17, 15) is 18.4 Å². The molecule has 7 heteroatoms. The van der Waals surface area contributed by atoms with Crippen LogP contribution in [0.25, 0.3) is 11.3 Å². The Labute approximate surface area is 168 Å². The van der Waals surface area contributed by atoms with Crippen LogP contribution in [0.2, 0.25) is 0 Å². The van der Waals surface area contributed by atoms with E-state index in [4.69, 9.17) is 0 Å². The number of likely N-dealkylation sites (tertiary alicyclic amines) is 1. The molecule has 0 radical (unpaired) electrons. The lowest BCUT2D eigenvalue weighted by molar-refractivity contribution is -0.134. The maximum absolute atomic E-state index is 13.4. The van der Waals surface area contributed by atoms with Gasteiger partial charge >= 0.3 is 0 Å². The van der Waals surface area contributed by atoms with Gasteiger partial charge in [-0.15, -0.1) is 0 Å². The number of nitrogens with zero attached hydrogens (tertiary/aromatic N) is 2. The number of halogens is 2. The second kappa shape index (κ2) is 8.27. The Bertz CT molecular complexity index is 903. The number of hydrogen-bond acceptors (Lipinski definition) is 3. The van der Waals surface area contributed by atoms with Crippen molar-refractivity contribution in [2.24, 2.45) is 5.92 Å². The van der Waals surface area contributed by atoms with Crippen molar-refractivity contribution in [1.82, 2.24) is 15.2 Å². The third kappa shape index (κ3) is 4.44. The first kappa shape index (κ1) is 19.5. The second-order valence-corrected chi connectivity index (χ2v) is 7.79. The summed E-state index contributed by atoms with van der Waals surface area (Å²) in [7, 11) is 0. The smallest absolute Gasteiger partial charge is 0.253 e. The van der Waals surface area contributed by atoms with E-state index < -0.39 is 6.17 Å². The van der Waals surface area contributed by atoms with Gasteiger partial charge < -0.3 is 10.2 Å². The number of hydrogen-bond donors (Lipinski definition) is 1. The average molecular weight is 399 g/mol. The third-order valence-electron chi connectivity index (χ3n) is 5.71. The van der Waals surface area contributed by atoms with Gasteiger partial charge in [-0.1, -0.05) is 12.1 Å². The van der Waals surface area contributed by atoms with Gasteiger partial charge in [-0.05, 0) is 49.9 Å². The fourth-order valence-electron chi connectivity index (χ4n) is 4.13. The van der Waals surface area contributed by atoms with Crippen LogP contribution in [-0.2, 0) is 4.79 Å². The lowest BCUT2D eigenvalue weighted by Crippen LogP contribution is -2.36. The molecule has 3 atom stereocenters. The maximum Gasteiger partial charge on any atom is 0.253 e. The highest BCUT2D eigenvalue weighted by molar-refractivity contribution is 5.94. The van der Waals surface area contributed by atoms with Crippen LogP contribution in [0.4, 0.5) is 8.78 Å². The number of aromatic nitrogens is 1. The Morgan fingerprint density at radius 2 is 2.00 bits per heavy atom. The van der Waals surface area contributed by atoms with E-state index >= 15 is 0 Å². The molecule has 152 valence electrons. The van der Waals surface area contributed by atoms with Crippen molar-refractivity contribution in [3.63, 3.8) is 0 Å². The van der Waals surface area contributed by atoms with E-state index in [2.05, 4.69) is 10.3 Å². The van der Waals surface area contributed by atoms with Gasteiger partial charge in [0.2, 0.25) is 5.91 Å².